The molecule has 0 spiro atoms. The lowest BCUT2D eigenvalue weighted by Crippen LogP contribution is -2.68. The van der Waals surface area contributed by atoms with E-state index < -0.39 is 109 Å². The summed E-state index contributed by atoms with van der Waals surface area (Å²) in [6.07, 6.45) is -16.4. The number of nitrogens with two attached hydrogens (primary N) is 4. The van der Waals surface area contributed by atoms with Crippen molar-refractivity contribution < 1.29 is 72.2 Å². The molecule has 20 heteroatoms. The molecular weight excluding hydrogens is 544 g/mol. The van der Waals surface area contributed by atoms with Gasteiger partial charge < -0.3 is 77.6 Å². The summed E-state index contributed by atoms with van der Waals surface area (Å²) in [5, 5.41) is 70.5. The molecule has 0 radical (unpaired) electrons. The quantitative estimate of drug-likeness (QED) is 0.124. The Morgan fingerprint density at radius 3 is 1.87 bits per heavy atom. The van der Waals surface area contributed by atoms with Gasteiger partial charge in [-0.3, -0.25) is 9.11 Å². The van der Waals surface area contributed by atoms with Gasteiger partial charge in [-0.05, 0) is 6.42 Å². The second kappa shape index (κ2) is 13.8. The van der Waals surface area contributed by atoms with Gasteiger partial charge in [-0.25, -0.2) is 0 Å². The first-order valence-electron chi connectivity index (χ1n) is 11.5. The highest BCUT2D eigenvalue weighted by Gasteiger charge is 2.52. The minimum atomic E-state index is -4.67. The molecule has 1 saturated carbocycles. The first-order valence-corrected chi connectivity index (χ1v) is 12.9. The fourth-order valence-corrected chi connectivity index (χ4v) is 4.39. The maximum absolute atomic E-state index is 10.7. The third kappa shape index (κ3) is 8.15. The zero-order valence-corrected chi connectivity index (χ0v) is 20.8. The molecule has 2 saturated heterocycles. The third-order valence-corrected chi connectivity index (χ3v) is 6.45. The van der Waals surface area contributed by atoms with Crippen LogP contribution in [0.1, 0.15) is 6.42 Å². The molecule has 2 heterocycles. The molecule has 0 aromatic carbocycles. The average molecular weight is 583 g/mol. The number of rotatable bonds is 7. The minimum absolute atomic E-state index is 0.0934. The molecule has 17 N–H and O–H groups in total. The normalized spacial score (nSPS) is 46.8. The Morgan fingerprint density at radius 1 is 0.816 bits per heavy atom. The first-order chi connectivity index (χ1) is 17.5. The molecule has 226 valence electrons. The standard InChI is InChI=1S/C18H36N4O11.H2O4S/c19-2-7-10(26)13(29)18(30-7)33-16-9(25)4(20)1-5(21)14(16)31-17-8(22)11(27)12(28)15(32-17)6(24)3-23;1-5(2,3)4/h4-18,23-29H,1-3,19-22H2;(H2,1,2,3,4)/t4-,5+,6+,7+,8+,9+,10+,11+,12-,13+,14-,15+,16-,17-,18-;/m0./s1. The Hall–Kier alpha value is -0.730. The van der Waals surface area contributed by atoms with Crippen molar-refractivity contribution in [2.24, 2.45) is 22.9 Å². The van der Waals surface area contributed by atoms with Crippen LogP contribution in [0.25, 0.3) is 0 Å². The number of hydrogen-bond acceptors (Lipinski definition) is 17. The molecule has 38 heavy (non-hydrogen) atoms. The second-order valence-corrected chi connectivity index (χ2v) is 10.1. The van der Waals surface area contributed by atoms with E-state index in [4.69, 9.17) is 59.4 Å². The molecule has 0 amide bonds. The van der Waals surface area contributed by atoms with Crippen LogP contribution in [-0.4, -0.2) is 158 Å². The van der Waals surface area contributed by atoms with Crippen LogP contribution in [0.15, 0.2) is 0 Å². The van der Waals surface area contributed by atoms with E-state index in [0.29, 0.717) is 0 Å². The van der Waals surface area contributed by atoms with E-state index in [9.17, 15) is 35.7 Å². The van der Waals surface area contributed by atoms with Gasteiger partial charge >= 0.3 is 10.4 Å². The highest BCUT2D eigenvalue weighted by Crippen LogP contribution is 2.32. The summed E-state index contributed by atoms with van der Waals surface area (Å²) in [5.74, 6) is 0. The van der Waals surface area contributed by atoms with Crippen LogP contribution in [0.2, 0.25) is 0 Å². The van der Waals surface area contributed by atoms with E-state index >= 15 is 0 Å². The van der Waals surface area contributed by atoms with E-state index in [1.165, 1.54) is 0 Å². The molecule has 2 aliphatic heterocycles. The lowest BCUT2D eigenvalue weighted by Gasteiger charge is -2.47. The number of aliphatic hydroxyl groups excluding tert-OH is 7. The molecule has 0 aromatic heterocycles. The summed E-state index contributed by atoms with van der Waals surface area (Å²) >= 11 is 0. The average Bonchev–Trinajstić information content (AvgIpc) is 3.10. The largest absolute Gasteiger partial charge is 0.394 e. The Bertz CT molecular complexity index is 837. The van der Waals surface area contributed by atoms with Gasteiger partial charge in [0.2, 0.25) is 0 Å². The molecule has 19 nitrogen and oxygen atoms in total. The highest BCUT2D eigenvalue weighted by atomic mass is 32.3. The van der Waals surface area contributed by atoms with Crippen LogP contribution in [0.3, 0.4) is 0 Å². The second-order valence-electron chi connectivity index (χ2n) is 9.24. The van der Waals surface area contributed by atoms with E-state index in [0.717, 1.165) is 0 Å². The van der Waals surface area contributed by atoms with E-state index in [1.54, 1.807) is 0 Å². The van der Waals surface area contributed by atoms with Crippen molar-refractivity contribution >= 4 is 10.4 Å². The zero-order chi connectivity index (χ0) is 29.1. The van der Waals surface area contributed by atoms with Crippen molar-refractivity contribution in [2.45, 2.75) is 98.2 Å². The van der Waals surface area contributed by atoms with E-state index in [-0.39, 0.29) is 13.0 Å². The Kier molecular flexibility index (Phi) is 12.1. The summed E-state index contributed by atoms with van der Waals surface area (Å²) in [4.78, 5) is 0. The van der Waals surface area contributed by atoms with E-state index in [2.05, 4.69) is 0 Å². The van der Waals surface area contributed by atoms with Gasteiger partial charge in [-0.15, -0.1) is 0 Å². The fraction of sp³-hybridized carbons (Fsp3) is 1.00. The molecule has 0 aromatic rings. The number of ether oxygens (including phenoxy) is 4. The van der Waals surface area contributed by atoms with Crippen LogP contribution < -0.4 is 22.9 Å². The summed E-state index contributed by atoms with van der Waals surface area (Å²) < 4.78 is 54.1. The monoisotopic (exact) mass is 582 g/mol. The molecular formula is C18H38N4O15S. The van der Waals surface area contributed by atoms with E-state index in [1.807, 2.05) is 0 Å². The summed E-state index contributed by atoms with van der Waals surface area (Å²) in [6.45, 7) is -0.857. The minimum Gasteiger partial charge on any atom is -0.394 e. The van der Waals surface area contributed by atoms with Gasteiger partial charge in [-0.2, -0.15) is 8.42 Å². The zero-order valence-electron chi connectivity index (χ0n) is 20.0. The van der Waals surface area contributed by atoms with Crippen LogP contribution in [0.4, 0.5) is 0 Å². The number of hydrogen-bond donors (Lipinski definition) is 13. The van der Waals surface area contributed by atoms with Gasteiger partial charge in [0.1, 0.15) is 54.9 Å². The predicted octanol–water partition coefficient (Wildman–Crippen LogP) is -7.94. The molecule has 3 aliphatic rings. The van der Waals surface area contributed by atoms with Gasteiger partial charge in [-0.1, -0.05) is 0 Å². The van der Waals surface area contributed by atoms with Gasteiger partial charge in [0.25, 0.3) is 0 Å². The number of aliphatic hydroxyl groups is 7. The van der Waals surface area contributed by atoms with Crippen LogP contribution >= 0.6 is 0 Å². The molecule has 3 rings (SSSR count). The first kappa shape index (κ1) is 33.5. The SMILES string of the molecule is NC[C@H]1O[C@@H](O[C@H]2[C@H](O)[C@@H](N)C[C@@H](N)[C@@H]2O[C@H]2O[C@H]([C@H](O)CO)[C@@H](O)[C@H](O)[C@H]2N)[C@H](O)[C@@H]1O.O=S(=O)(O)O. The molecule has 1 aliphatic carbocycles. The van der Waals surface area contributed by atoms with Crippen molar-refractivity contribution in [1.29, 1.82) is 0 Å². The summed E-state index contributed by atoms with van der Waals surface area (Å²) in [5.41, 5.74) is 23.6. The van der Waals surface area contributed by atoms with Crippen molar-refractivity contribution in [1.82, 2.24) is 0 Å². The molecule has 0 bridgehead atoms. The van der Waals surface area contributed by atoms with Crippen LogP contribution in [0.5, 0.6) is 0 Å². The topological polar surface area (TPSA) is 357 Å². The van der Waals surface area contributed by atoms with Gasteiger partial charge in [0.15, 0.2) is 12.6 Å². The molecule has 0 unspecified atom stereocenters. The maximum atomic E-state index is 10.7. The third-order valence-electron chi connectivity index (χ3n) is 6.45. The van der Waals surface area contributed by atoms with Crippen molar-refractivity contribution in [3.63, 3.8) is 0 Å². The Labute approximate surface area is 217 Å². The molecule has 15 atom stereocenters. The lowest BCUT2D eigenvalue weighted by molar-refractivity contribution is -0.317. The summed E-state index contributed by atoms with van der Waals surface area (Å²) in [7, 11) is -4.67. The van der Waals surface area contributed by atoms with Gasteiger partial charge in [0.05, 0.1) is 18.8 Å². The van der Waals surface area contributed by atoms with Crippen LogP contribution in [0, 0.1) is 0 Å². The maximum Gasteiger partial charge on any atom is 0.394 e. The smallest absolute Gasteiger partial charge is 0.394 e. The van der Waals surface area contributed by atoms with Crippen molar-refractivity contribution in [3.05, 3.63) is 0 Å². The summed E-state index contributed by atoms with van der Waals surface area (Å²) in [6, 6.07) is -2.95. The van der Waals surface area contributed by atoms with Gasteiger partial charge in [0, 0.05) is 18.6 Å². The Morgan fingerprint density at radius 2 is 1.37 bits per heavy atom. The molecule has 3 fully saturated rings. The van der Waals surface area contributed by atoms with Crippen LogP contribution in [-0.2, 0) is 29.3 Å². The van der Waals surface area contributed by atoms with Crippen molar-refractivity contribution in [2.75, 3.05) is 13.2 Å². The Balaban J connectivity index is 0.000000926. The highest BCUT2D eigenvalue weighted by molar-refractivity contribution is 7.79. The fourth-order valence-electron chi connectivity index (χ4n) is 4.39. The van der Waals surface area contributed by atoms with Crippen molar-refractivity contribution in [3.8, 4) is 0 Å². The lowest BCUT2D eigenvalue weighted by atomic mass is 9.84. The predicted molar refractivity (Wildman–Crippen MR) is 122 cm³/mol.